The molecule has 94 valence electrons. The largest absolute Gasteiger partial charge is 0.493 e. The minimum absolute atomic E-state index is 0.387. The maximum atomic E-state index is 5.88. The summed E-state index contributed by atoms with van der Waals surface area (Å²) in [5.41, 5.74) is 1.32. The molecule has 1 N–H and O–H groups in total. The Morgan fingerprint density at radius 1 is 1.28 bits per heavy atom. The number of fused-ring (bicyclic) bond motifs is 1. The fraction of sp³-hybridized carbons (Fsp3) is 0.333. The number of nitrogens with one attached hydrogen (secondary N) is 1. The van der Waals surface area contributed by atoms with E-state index in [4.69, 9.17) is 4.74 Å². The van der Waals surface area contributed by atoms with Gasteiger partial charge in [0.15, 0.2) is 0 Å². The van der Waals surface area contributed by atoms with Crippen molar-refractivity contribution in [1.82, 2.24) is 5.32 Å². The molecule has 18 heavy (non-hydrogen) atoms. The highest BCUT2D eigenvalue weighted by atomic mass is 32.1. The van der Waals surface area contributed by atoms with Gasteiger partial charge in [-0.05, 0) is 36.5 Å². The molecule has 0 saturated heterocycles. The van der Waals surface area contributed by atoms with Crippen LogP contribution in [0.15, 0.2) is 41.8 Å². The van der Waals surface area contributed by atoms with E-state index in [-0.39, 0.29) is 0 Å². The van der Waals surface area contributed by atoms with Gasteiger partial charge in [-0.1, -0.05) is 24.3 Å². The molecule has 2 atom stereocenters. The number of benzene rings is 1. The molecule has 2 unspecified atom stereocenters. The van der Waals surface area contributed by atoms with Crippen molar-refractivity contribution in [1.29, 1.82) is 0 Å². The van der Waals surface area contributed by atoms with Gasteiger partial charge in [-0.15, -0.1) is 11.3 Å². The smallest absolute Gasteiger partial charge is 0.122 e. The first-order valence-corrected chi connectivity index (χ1v) is 7.18. The Bertz CT molecular complexity index is 509. The molecular weight excluding hydrogens is 242 g/mol. The van der Waals surface area contributed by atoms with Gasteiger partial charge >= 0.3 is 0 Å². The summed E-state index contributed by atoms with van der Waals surface area (Å²) >= 11 is 1.81. The fourth-order valence-corrected chi connectivity index (χ4v) is 3.57. The van der Waals surface area contributed by atoms with E-state index in [0.29, 0.717) is 12.0 Å². The van der Waals surface area contributed by atoms with Gasteiger partial charge in [-0.3, -0.25) is 0 Å². The van der Waals surface area contributed by atoms with Gasteiger partial charge in [0, 0.05) is 16.8 Å². The van der Waals surface area contributed by atoms with E-state index >= 15 is 0 Å². The highest BCUT2D eigenvalue weighted by molar-refractivity contribution is 7.10. The van der Waals surface area contributed by atoms with Crippen molar-refractivity contribution < 1.29 is 4.74 Å². The van der Waals surface area contributed by atoms with Gasteiger partial charge in [0.1, 0.15) is 5.75 Å². The van der Waals surface area contributed by atoms with Crippen LogP contribution in [0.4, 0.5) is 0 Å². The van der Waals surface area contributed by atoms with Crippen LogP contribution in [-0.4, -0.2) is 13.7 Å². The molecule has 2 nitrogen and oxygen atoms in total. The number of rotatable bonds is 3. The van der Waals surface area contributed by atoms with E-state index < -0.39 is 0 Å². The Hall–Kier alpha value is -1.32. The summed E-state index contributed by atoms with van der Waals surface area (Å²) in [6, 6.07) is 13.1. The zero-order chi connectivity index (χ0) is 12.4. The van der Waals surface area contributed by atoms with Crippen LogP contribution in [0.1, 0.15) is 16.5 Å². The molecule has 0 amide bonds. The quantitative estimate of drug-likeness (QED) is 0.913. The SMILES string of the molecule is CNC(c1cccs1)C1COc2ccccc2C1. The molecule has 0 radical (unpaired) electrons. The van der Waals surface area contributed by atoms with Gasteiger partial charge < -0.3 is 10.1 Å². The Balaban J connectivity index is 1.82. The molecule has 0 saturated carbocycles. The highest BCUT2D eigenvalue weighted by Crippen LogP contribution is 2.34. The van der Waals surface area contributed by atoms with Crippen LogP contribution in [0.5, 0.6) is 5.75 Å². The minimum Gasteiger partial charge on any atom is -0.493 e. The van der Waals surface area contributed by atoms with E-state index in [1.165, 1.54) is 10.4 Å². The third kappa shape index (κ3) is 2.16. The van der Waals surface area contributed by atoms with Crippen LogP contribution in [0.3, 0.4) is 0 Å². The fourth-order valence-electron chi connectivity index (χ4n) is 2.64. The van der Waals surface area contributed by atoms with Gasteiger partial charge in [0.05, 0.1) is 6.61 Å². The van der Waals surface area contributed by atoms with Crippen molar-refractivity contribution >= 4 is 11.3 Å². The minimum atomic E-state index is 0.387. The summed E-state index contributed by atoms with van der Waals surface area (Å²) in [5.74, 6) is 1.55. The summed E-state index contributed by atoms with van der Waals surface area (Å²) in [6.45, 7) is 0.792. The van der Waals surface area contributed by atoms with E-state index in [1.54, 1.807) is 0 Å². The Kier molecular flexibility index (Phi) is 3.35. The highest BCUT2D eigenvalue weighted by Gasteiger charge is 2.27. The molecule has 0 aliphatic carbocycles. The molecular formula is C15H17NOS. The number of para-hydroxylation sites is 1. The first kappa shape index (κ1) is 11.8. The third-order valence-electron chi connectivity index (χ3n) is 3.54. The van der Waals surface area contributed by atoms with E-state index in [2.05, 4.69) is 41.0 Å². The third-order valence-corrected chi connectivity index (χ3v) is 4.50. The number of ether oxygens (including phenoxy) is 1. The van der Waals surface area contributed by atoms with Crippen molar-refractivity contribution in [2.75, 3.05) is 13.7 Å². The summed E-state index contributed by atoms with van der Waals surface area (Å²) < 4.78 is 5.88. The number of hydrogen-bond donors (Lipinski definition) is 1. The van der Waals surface area contributed by atoms with Gasteiger partial charge in [-0.25, -0.2) is 0 Å². The molecule has 2 aromatic rings. The van der Waals surface area contributed by atoms with Crippen molar-refractivity contribution in [3.63, 3.8) is 0 Å². The zero-order valence-electron chi connectivity index (χ0n) is 10.4. The summed E-state index contributed by atoms with van der Waals surface area (Å²) in [4.78, 5) is 1.39. The molecule has 3 rings (SSSR count). The lowest BCUT2D eigenvalue weighted by Gasteiger charge is -2.31. The van der Waals surface area contributed by atoms with Gasteiger partial charge in [0.2, 0.25) is 0 Å². The second-order valence-corrected chi connectivity index (χ2v) is 5.64. The molecule has 1 aliphatic heterocycles. The lowest BCUT2D eigenvalue weighted by Crippen LogP contribution is -2.33. The second kappa shape index (κ2) is 5.12. The normalized spacial score (nSPS) is 19.9. The molecule has 3 heteroatoms. The summed E-state index contributed by atoms with van der Waals surface area (Å²) in [6.07, 6.45) is 1.08. The Morgan fingerprint density at radius 2 is 2.17 bits per heavy atom. The predicted octanol–water partition coefficient (Wildman–Crippen LogP) is 3.26. The molecule has 2 heterocycles. The first-order valence-electron chi connectivity index (χ1n) is 6.30. The van der Waals surface area contributed by atoms with E-state index in [9.17, 15) is 0 Å². The first-order chi connectivity index (χ1) is 8.88. The monoisotopic (exact) mass is 259 g/mol. The maximum absolute atomic E-state index is 5.88. The van der Waals surface area contributed by atoms with Gasteiger partial charge in [-0.2, -0.15) is 0 Å². The van der Waals surface area contributed by atoms with E-state index in [1.807, 2.05) is 24.5 Å². The summed E-state index contributed by atoms with van der Waals surface area (Å²) in [7, 11) is 2.03. The zero-order valence-corrected chi connectivity index (χ0v) is 11.2. The number of hydrogen-bond acceptors (Lipinski definition) is 3. The molecule has 1 aromatic carbocycles. The molecule has 0 bridgehead atoms. The average molecular weight is 259 g/mol. The Labute approximate surface area is 112 Å². The topological polar surface area (TPSA) is 21.3 Å². The average Bonchev–Trinajstić information content (AvgIpc) is 2.93. The summed E-state index contributed by atoms with van der Waals surface area (Å²) in [5, 5.41) is 5.57. The molecule has 1 aliphatic rings. The van der Waals surface area contributed by atoms with Crippen molar-refractivity contribution in [2.45, 2.75) is 12.5 Å². The lowest BCUT2D eigenvalue weighted by atomic mass is 9.89. The molecule has 1 aromatic heterocycles. The van der Waals surface area contributed by atoms with Crippen LogP contribution in [0, 0.1) is 5.92 Å². The molecule has 0 spiro atoms. The second-order valence-electron chi connectivity index (χ2n) is 4.66. The molecule has 0 fully saturated rings. The van der Waals surface area contributed by atoms with Crippen molar-refractivity contribution in [3.05, 3.63) is 52.2 Å². The van der Waals surface area contributed by atoms with Gasteiger partial charge in [0.25, 0.3) is 0 Å². The lowest BCUT2D eigenvalue weighted by molar-refractivity contribution is 0.189. The van der Waals surface area contributed by atoms with Crippen LogP contribution in [0.25, 0.3) is 0 Å². The van der Waals surface area contributed by atoms with Crippen LogP contribution in [0.2, 0.25) is 0 Å². The van der Waals surface area contributed by atoms with Crippen LogP contribution in [-0.2, 0) is 6.42 Å². The number of thiophene rings is 1. The van der Waals surface area contributed by atoms with Crippen LogP contribution >= 0.6 is 11.3 Å². The predicted molar refractivity (Wildman–Crippen MR) is 75.3 cm³/mol. The van der Waals surface area contributed by atoms with Crippen molar-refractivity contribution in [3.8, 4) is 5.75 Å². The maximum Gasteiger partial charge on any atom is 0.122 e. The van der Waals surface area contributed by atoms with E-state index in [0.717, 1.165) is 18.8 Å². The standard InChI is InChI=1S/C15H17NOS/c1-16-15(14-7-4-8-18-14)12-9-11-5-2-3-6-13(11)17-10-12/h2-8,12,15-16H,9-10H2,1H3. The van der Waals surface area contributed by atoms with Crippen LogP contribution < -0.4 is 10.1 Å². The van der Waals surface area contributed by atoms with Crippen molar-refractivity contribution in [2.24, 2.45) is 5.92 Å². The Morgan fingerprint density at radius 3 is 2.94 bits per heavy atom.